The van der Waals surface area contributed by atoms with Crippen LogP contribution in [0.2, 0.25) is 0 Å². The van der Waals surface area contributed by atoms with Gasteiger partial charge in [0.05, 0.1) is 18.7 Å². The van der Waals surface area contributed by atoms with Gasteiger partial charge in [-0.2, -0.15) is 5.10 Å². The molecule has 0 aliphatic heterocycles. The molecular formula is C14H20N4O. The number of nitrogens with zero attached hydrogens (tertiary/aromatic N) is 3. The molecule has 0 unspecified atom stereocenters. The molecule has 19 heavy (non-hydrogen) atoms. The van der Waals surface area contributed by atoms with Gasteiger partial charge in [0.1, 0.15) is 5.82 Å². The summed E-state index contributed by atoms with van der Waals surface area (Å²) in [5, 5.41) is 17.5. The zero-order valence-electron chi connectivity index (χ0n) is 11.6. The monoisotopic (exact) mass is 260 g/mol. The van der Waals surface area contributed by atoms with Crippen molar-refractivity contribution in [3.63, 3.8) is 0 Å². The number of nitrogens with one attached hydrogen (secondary N) is 1. The molecule has 0 spiro atoms. The standard InChI is InChI=1S/C14H20N4O/c1-14(2,19)10-18-12(9-15-3)16-13(17-18)11-7-5-4-6-8-11/h4-8,15,19H,9-10H2,1-3H3. The van der Waals surface area contributed by atoms with Gasteiger partial charge in [0.25, 0.3) is 0 Å². The van der Waals surface area contributed by atoms with Gasteiger partial charge in [-0.1, -0.05) is 30.3 Å². The van der Waals surface area contributed by atoms with E-state index in [2.05, 4.69) is 15.4 Å². The molecule has 5 heteroatoms. The molecule has 0 atom stereocenters. The Bertz CT molecular complexity index is 528. The van der Waals surface area contributed by atoms with E-state index in [4.69, 9.17) is 0 Å². The van der Waals surface area contributed by atoms with Gasteiger partial charge in [-0.3, -0.25) is 0 Å². The van der Waals surface area contributed by atoms with E-state index in [1.807, 2.05) is 37.4 Å². The lowest BCUT2D eigenvalue weighted by Crippen LogP contribution is -2.28. The summed E-state index contributed by atoms with van der Waals surface area (Å²) in [6.45, 7) is 4.57. The summed E-state index contributed by atoms with van der Waals surface area (Å²) >= 11 is 0. The van der Waals surface area contributed by atoms with E-state index in [0.717, 1.165) is 11.4 Å². The molecule has 0 radical (unpaired) electrons. The summed E-state index contributed by atoms with van der Waals surface area (Å²) in [5.74, 6) is 1.51. The Kier molecular flexibility index (Phi) is 3.97. The second-order valence-electron chi connectivity index (χ2n) is 5.22. The van der Waals surface area contributed by atoms with Gasteiger partial charge in [-0.25, -0.2) is 9.67 Å². The molecular weight excluding hydrogens is 240 g/mol. The van der Waals surface area contributed by atoms with Crippen molar-refractivity contribution in [1.82, 2.24) is 20.1 Å². The van der Waals surface area contributed by atoms with E-state index in [9.17, 15) is 5.11 Å². The highest BCUT2D eigenvalue weighted by molar-refractivity contribution is 5.53. The maximum Gasteiger partial charge on any atom is 0.181 e. The molecule has 0 saturated carbocycles. The molecule has 5 nitrogen and oxygen atoms in total. The smallest absolute Gasteiger partial charge is 0.181 e. The Morgan fingerprint density at radius 3 is 2.53 bits per heavy atom. The zero-order valence-corrected chi connectivity index (χ0v) is 11.6. The normalized spacial score (nSPS) is 11.8. The van der Waals surface area contributed by atoms with Crippen LogP contribution in [0.1, 0.15) is 19.7 Å². The number of hydrogen-bond donors (Lipinski definition) is 2. The van der Waals surface area contributed by atoms with Crippen LogP contribution in [-0.2, 0) is 13.1 Å². The topological polar surface area (TPSA) is 63.0 Å². The van der Waals surface area contributed by atoms with Crippen molar-refractivity contribution < 1.29 is 5.11 Å². The number of rotatable bonds is 5. The summed E-state index contributed by atoms with van der Waals surface area (Å²) in [6.07, 6.45) is 0. The Morgan fingerprint density at radius 2 is 1.95 bits per heavy atom. The first-order valence-corrected chi connectivity index (χ1v) is 6.36. The van der Waals surface area contributed by atoms with E-state index in [1.54, 1.807) is 18.5 Å². The summed E-state index contributed by atoms with van der Waals surface area (Å²) in [4.78, 5) is 4.53. The van der Waals surface area contributed by atoms with Gasteiger partial charge < -0.3 is 10.4 Å². The average molecular weight is 260 g/mol. The Hall–Kier alpha value is -1.72. The van der Waals surface area contributed by atoms with Crippen LogP contribution >= 0.6 is 0 Å². The zero-order chi connectivity index (χ0) is 13.9. The fourth-order valence-electron chi connectivity index (χ4n) is 1.87. The minimum atomic E-state index is -0.815. The second kappa shape index (κ2) is 5.50. The highest BCUT2D eigenvalue weighted by Crippen LogP contribution is 2.16. The summed E-state index contributed by atoms with van der Waals surface area (Å²) < 4.78 is 1.76. The Labute approximate surface area is 113 Å². The van der Waals surface area contributed by atoms with E-state index >= 15 is 0 Å². The Morgan fingerprint density at radius 1 is 1.26 bits per heavy atom. The van der Waals surface area contributed by atoms with Crippen LogP contribution in [0.5, 0.6) is 0 Å². The third kappa shape index (κ3) is 3.62. The van der Waals surface area contributed by atoms with E-state index in [0.29, 0.717) is 18.9 Å². The molecule has 102 valence electrons. The van der Waals surface area contributed by atoms with Crippen LogP contribution in [0.4, 0.5) is 0 Å². The van der Waals surface area contributed by atoms with Crippen LogP contribution in [0, 0.1) is 0 Å². The van der Waals surface area contributed by atoms with Gasteiger partial charge >= 0.3 is 0 Å². The van der Waals surface area contributed by atoms with Gasteiger partial charge in [0.15, 0.2) is 5.82 Å². The molecule has 0 aliphatic rings. The Balaban J connectivity index is 2.35. The number of hydrogen-bond acceptors (Lipinski definition) is 4. The highest BCUT2D eigenvalue weighted by Gasteiger charge is 2.18. The number of aromatic nitrogens is 3. The van der Waals surface area contributed by atoms with Crippen LogP contribution in [0.3, 0.4) is 0 Å². The van der Waals surface area contributed by atoms with Gasteiger partial charge in [-0.15, -0.1) is 0 Å². The predicted octanol–water partition coefficient (Wildman–Crippen LogP) is 1.44. The largest absolute Gasteiger partial charge is 0.389 e. The maximum atomic E-state index is 9.93. The fourth-order valence-corrected chi connectivity index (χ4v) is 1.87. The van der Waals surface area contributed by atoms with Crippen molar-refractivity contribution in [2.75, 3.05) is 7.05 Å². The van der Waals surface area contributed by atoms with Crippen LogP contribution in [-0.4, -0.2) is 32.5 Å². The third-order valence-corrected chi connectivity index (χ3v) is 2.65. The lowest BCUT2D eigenvalue weighted by atomic mass is 10.1. The molecule has 2 N–H and O–H groups in total. The molecule has 1 aromatic heterocycles. The molecule has 0 saturated heterocycles. The van der Waals surface area contributed by atoms with E-state index in [1.165, 1.54) is 0 Å². The van der Waals surface area contributed by atoms with Crippen molar-refractivity contribution in [1.29, 1.82) is 0 Å². The molecule has 0 amide bonds. The summed E-state index contributed by atoms with van der Waals surface area (Å²) in [7, 11) is 1.87. The minimum Gasteiger partial charge on any atom is -0.389 e. The van der Waals surface area contributed by atoms with E-state index in [-0.39, 0.29) is 0 Å². The van der Waals surface area contributed by atoms with Crippen molar-refractivity contribution in [3.05, 3.63) is 36.2 Å². The SMILES string of the molecule is CNCc1nc(-c2ccccc2)nn1CC(C)(C)O. The first-order chi connectivity index (χ1) is 8.99. The van der Waals surface area contributed by atoms with Crippen molar-refractivity contribution in [2.24, 2.45) is 0 Å². The first-order valence-electron chi connectivity index (χ1n) is 6.36. The molecule has 0 aliphatic carbocycles. The van der Waals surface area contributed by atoms with Gasteiger partial charge in [-0.05, 0) is 20.9 Å². The predicted molar refractivity (Wildman–Crippen MR) is 74.5 cm³/mol. The van der Waals surface area contributed by atoms with Gasteiger partial charge in [0.2, 0.25) is 0 Å². The van der Waals surface area contributed by atoms with Crippen molar-refractivity contribution in [2.45, 2.75) is 32.5 Å². The quantitative estimate of drug-likeness (QED) is 0.854. The van der Waals surface area contributed by atoms with Crippen molar-refractivity contribution in [3.8, 4) is 11.4 Å². The van der Waals surface area contributed by atoms with E-state index < -0.39 is 5.60 Å². The first kappa shape index (κ1) is 13.7. The molecule has 0 bridgehead atoms. The lowest BCUT2D eigenvalue weighted by Gasteiger charge is -2.17. The highest BCUT2D eigenvalue weighted by atomic mass is 16.3. The second-order valence-corrected chi connectivity index (χ2v) is 5.22. The molecule has 0 fully saturated rings. The number of aliphatic hydroxyl groups is 1. The van der Waals surface area contributed by atoms with Crippen LogP contribution in [0.15, 0.2) is 30.3 Å². The van der Waals surface area contributed by atoms with Gasteiger partial charge in [0, 0.05) is 5.56 Å². The molecule has 1 heterocycles. The van der Waals surface area contributed by atoms with Crippen LogP contribution < -0.4 is 5.32 Å². The van der Waals surface area contributed by atoms with Crippen LogP contribution in [0.25, 0.3) is 11.4 Å². The average Bonchev–Trinajstić information content (AvgIpc) is 2.72. The summed E-state index contributed by atoms with van der Waals surface area (Å²) in [6, 6.07) is 9.85. The molecule has 2 aromatic rings. The molecule has 2 rings (SSSR count). The minimum absolute atomic E-state index is 0.420. The molecule has 1 aromatic carbocycles. The lowest BCUT2D eigenvalue weighted by molar-refractivity contribution is 0.0566. The fraction of sp³-hybridized carbons (Fsp3) is 0.429. The summed E-state index contributed by atoms with van der Waals surface area (Å²) in [5.41, 5.74) is 0.166. The third-order valence-electron chi connectivity index (χ3n) is 2.65. The maximum absolute atomic E-state index is 9.93. The number of benzene rings is 1. The van der Waals surface area contributed by atoms with Crippen molar-refractivity contribution >= 4 is 0 Å².